The van der Waals surface area contributed by atoms with Crippen LogP contribution in [0.2, 0.25) is 0 Å². The molecule has 4 rings (SSSR count). The molecule has 2 saturated heterocycles. The summed E-state index contributed by atoms with van der Waals surface area (Å²) in [6.45, 7) is 4.05. The first kappa shape index (κ1) is 19.6. The highest BCUT2D eigenvalue weighted by Gasteiger charge is 2.28. The van der Waals surface area contributed by atoms with E-state index in [1.807, 2.05) is 6.92 Å². The normalized spacial score (nSPS) is 19.5. The summed E-state index contributed by atoms with van der Waals surface area (Å²) in [5.74, 6) is 0.135. The largest absolute Gasteiger partial charge is 0.380 e. The Hall–Kier alpha value is -1.69. The fourth-order valence-corrected chi connectivity index (χ4v) is 5.30. The number of hydrogen-bond acceptors (Lipinski definition) is 8. The van der Waals surface area contributed by atoms with Crippen molar-refractivity contribution in [2.75, 3.05) is 37.9 Å². The predicted octanol–water partition coefficient (Wildman–Crippen LogP) is 2.00. The molecule has 2 aromatic rings. The molecule has 0 unspecified atom stereocenters. The highest BCUT2D eigenvalue weighted by molar-refractivity contribution is 7.88. The third kappa shape index (κ3) is 4.02. The van der Waals surface area contributed by atoms with Gasteiger partial charge < -0.3 is 10.1 Å². The fraction of sp³-hybridized carbons (Fsp3) is 0.588. The molecule has 0 aromatic carbocycles. The van der Waals surface area contributed by atoms with E-state index in [1.54, 1.807) is 0 Å². The van der Waals surface area contributed by atoms with Crippen LogP contribution in [0.4, 0.5) is 10.3 Å². The fourth-order valence-electron chi connectivity index (χ4n) is 3.30. The van der Waals surface area contributed by atoms with Crippen LogP contribution in [0.5, 0.6) is 0 Å². The van der Waals surface area contributed by atoms with E-state index in [4.69, 9.17) is 4.74 Å². The van der Waals surface area contributed by atoms with Gasteiger partial charge in [-0.3, -0.25) is 0 Å². The molecule has 11 heteroatoms. The van der Waals surface area contributed by atoms with Gasteiger partial charge >= 0.3 is 0 Å². The smallest absolute Gasteiger partial charge is 0.223 e. The van der Waals surface area contributed by atoms with Gasteiger partial charge in [0.25, 0.3) is 0 Å². The van der Waals surface area contributed by atoms with Crippen molar-refractivity contribution in [1.82, 2.24) is 19.3 Å². The molecule has 1 N–H and O–H groups in total. The minimum absolute atomic E-state index is 0.0431. The van der Waals surface area contributed by atoms with Crippen LogP contribution in [0.25, 0.3) is 10.6 Å². The summed E-state index contributed by atoms with van der Waals surface area (Å²) in [7, 11) is -3.17. The Kier molecular flexibility index (Phi) is 5.34. The molecule has 2 fully saturated rings. The molecule has 0 atom stereocenters. The van der Waals surface area contributed by atoms with Crippen LogP contribution in [0.1, 0.15) is 29.5 Å². The van der Waals surface area contributed by atoms with Gasteiger partial charge in [0, 0.05) is 19.1 Å². The lowest BCUT2D eigenvalue weighted by Gasteiger charge is -2.30. The second-order valence-electron chi connectivity index (χ2n) is 7.17. The van der Waals surface area contributed by atoms with Crippen LogP contribution in [0.15, 0.2) is 6.20 Å². The van der Waals surface area contributed by atoms with Crippen molar-refractivity contribution in [3.8, 4) is 10.6 Å². The molecule has 0 amide bonds. The van der Waals surface area contributed by atoms with Crippen molar-refractivity contribution < 1.29 is 17.5 Å². The second kappa shape index (κ2) is 7.62. The van der Waals surface area contributed by atoms with Crippen molar-refractivity contribution in [1.29, 1.82) is 0 Å². The molecule has 0 bridgehead atoms. The standard InChI is InChI=1S/C17H22FN5O3S2/c1-10-15(27-16(20-10)11-8-26-9-11)14-13(18)7-19-17(22-14)21-12-3-5-23(6-4-12)28(2,24)25/h7,11-12H,3-6,8-9H2,1-2H3,(H,19,21,22). The number of rotatable bonds is 5. The lowest BCUT2D eigenvalue weighted by molar-refractivity contribution is 0.00831. The lowest BCUT2D eigenvalue weighted by atomic mass is 10.1. The average molecular weight is 428 g/mol. The van der Waals surface area contributed by atoms with Gasteiger partial charge in [0.15, 0.2) is 5.82 Å². The Labute approximate surface area is 167 Å². The van der Waals surface area contributed by atoms with Gasteiger partial charge in [-0.25, -0.2) is 32.1 Å². The zero-order valence-electron chi connectivity index (χ0n) is 15.7. The zero-order chi connectivity index (χ0) is 19.9. The number of nitrogens with zero attached hydrogens (tertiary/aromatic N) is 4. The molecule has 2 aliphatic rings. The summed E-state index contributed by atoms with van der Waals surface area (Å²) in [4.78, 5) is 13.7. The summed E-state index contributed by atoms with van der Waals surface area (Å²) in [5, 5.41) is 4.16. The van der Waals surface area contributed by atoms with Crippen molar-refractivity contribution in [3.05, 3.63) is 22.7 Å². The van der Waals surface area contributed by atoms with E-state index in [2.05, 4.69) is 20.3 Å². The molecular formula is C17H22FN5O3S2. The van der Waals surface area contributed by atoms with Crippen molar-refractivity contribution in [2.45, 2.75) is 31.7 Å². The third-order valence-electron chi connectivity index (χ3n) is 5.02. The number of aromatic nitrogens is 3. The highest BCUT2D eigenvalue weighted by Crippen LogP contribution is 2.36. The maximum atomic E-state index is 14.4. The molecule has 4 heterocycles. The van der Waals surface area contributed by atoms with Gasteiger partial charge in [0.1, 0.15) is 10.7 Å². The summed E-state index contributed by atoms with van der Waals surface area (Å²) < 4.78 is 44.4. The number of anilines is 1. The minimum atomic E-state index is -3.17. The van der Waals surface area contributed by atoms with Crippen LogP contribution >= 0.6 is 11.3 Å². The average Bonchev–Trinajstić information content (AvgIpc) is 2.95. The number of nitrogens with one attached hydrogen (secondary N) is 1. The van der Waals surface area contributed by atoms with E-state index in [0.29, 0.717) is 50.0 Å². The van der Waals surface area contributed by atoms with Crippen LogP contribution in [0.3, 0.4) is 0 Å². The summed E-state index contributed by atoms with van der Waals surface area (Å²) >= 11 is 1.45. The predicted molar refractivity (Wildman–Crippen MR) is 104 cm³/mol. The first-order valence-electron chi connectivity index (χ1n) is 9.11. The van der Waals surface area contributed by atoms with Gasteiger partial charge in [0.2, 0.25) is 16.0 Å². The molecular weight excluding hydrogens is 405 g/mol. The van der Waals surface area contributed by atoms with E-state index in [-0.39, 0.29) is 17.7 Å². The maximum absolute atomic E-state index is 14.4. The van der Waals surface area contributed by atoms with Gasteiger partial charge in [0.05, 0.1) is 42.2 Å². The van der Waals surface area contributed by atoms with E-state index < -0.39 is 15.8 Å². The van der Waals surface area contributed by atoms with Crippen LogP contribution < -0.4 is 5.32 Å². The van der Waals surface area contributed by atoms with Crippen molar-refractivity contribution in [2.24, 2.45) is 0 Å². The molecule has 2 aromatic heterocycles. The Morgan fingerprint density at radius 3 is 2.61 bits per heavy atom. The molecule has 0 saturated carbocycles. The van der Waals surface area contributed by atoms with E-state index in [0.717, 1.165) is 10.7 Å². The number of thiazole rings is 1. The third-order valence-corrected chi connectivity index (χ3v) is 7.65. The lowest BCUT2D eigenvalue weighted by Crippen LogP contribution is -2.42. The molecule has 0 radical (unpaired) electrons. The zero-order valence-corrected chi connectivity index (χ0v) is 17.3. The van der Waals surface area contributed by atoms with Gasteiger partial charge in [-0.05, 0) is 19.8 Å². The minimum Gasteiger partial charge on any atom is -0.380 e. The van der Waals surface area contributed by atoms with Crippen LogP contribution in [0, 0.1) is 12.7 Å². The molecule has 0 aliphatic carbocycles. The Morgan fingerprint density at radius 1 is 1.29 bits per heavy atom. The van der Waals surface area contributed by atoms with Crippen molar-refractivity contribution >= 4 is 27.3 Å². The first-order valence-corrected chi connectivity index (χ1v) is 11.8. The molecule has 152 valence electrons. The summed E-state index contributed by atoms with van der Waals surface area (Å²) in [6, 6.07) is 0.0431. The second-order valence-corrected chi connectivity index (χ2v) is 10.2. The topological polar surface area (TPSA) is 97.3 Å². The number of piperidine rings is 1. The number of ether oxygens (including phenoxy) is 1. The van der Waals surface area contributed by atoms with E-state index in [9.17, 15) is 12.8 Å². The van der Waals surface area contributed by atoms with E-state index in [1.165, 1.54) is 28.1 Å². The molecule has 0 spiro atoms. The molecule has 2 aliphatic heterocycles. The van der Waals surface area contributed by atoms with Crippen LogP contribution in [-0.4, -0.2) is 66.3 Å². The molecule has 28 heavy (non-hydrogen) atoms. The Morgan fingerprint density at radius 2 is 2.00 bits per heavy atom. The highest BCUT2D eigenvalue weighted by atomic mass is 32.2. The van der Waals surface area contributed by atoms with Gasteiger partial charge in [-0.1, -0.05) is 0 Å². The maximum Gasteiger partial charge on any atom is 0.223 e. The first-order chi connectivity index (χ1) is 13.3. The monoisotopic (exact) mass is 427 g/mol. The van der Waals surface area contributed by atoms with Crippen molar-refractivity contribution in [3.63, 3.8) is 0 Å². The SMILES string of the molecule is Cc1nc(C2COC2)sc1-c1nc(NC2CCN(S(C)(=O)=O)CC2)ncc1F. The Balaban J connectivity index is 1.50. The van der Waals surface area contributed by atoms with Crippen LogP contribution in [-0.2, 0) is 14.8 Å². The van der Waals surface area contributed by atoms with Gasteiger partial charge in [-0.2, -0.15) is 0 Å². The quantitative estimate of drug-likeness (QED) is 0.779. The van der Waals surface area contributed by atoms with Gasteiger partial charge in [-0.15, -0.1) is 11.3 Å². The number of hydrogen-bond donors (Lipinski definition) is 1. The summed E-state index contributed by atoms with van der Waals surface area (Å²) in [6.07, 6.45) is 3.68. The number of halogens is 1. The van der Waals surface area contributed by atoms with E-state index >= 15 is 0 Å². The number of sulfonamides is 1. The number of aryl methyl sites for hydroxylation is 1. The molecule has 8 nitrogen and oxygen atoms in total. The Bertz CT molecular complexity index is 969. The summed E-state index contributed by atoms with van der Waals surface area (Å²) in [5.41, 5.74) is 0.990.